The summed E-state index contributed by atoms with van der Waals surface area (Å²) in [6.07, 6.45) is 1.21. The fourth-order valence-electron chi connectivity index (χ4n) is 0.607. The molecule has 0 radical (unpaired) electrons. The van der Waals surface area contributed by atoms with Gasteiger partial charge in [0.2, 0.25) is 0 Å². The third-order valence-electron chi connectivity index (χ3n) is 1.49. The van der Waals surface area contributed by atoms with E-state index in [9.17, 15) is 0 Å². The molecule has 0 atom stereocenters. The molecule has 0 bridgehead atoms. The number of rotatable bonds is 4. The van der Waals surface area contributed by atoms with Crippen molar-refractivity contribution in [1.29, 1.82) is 0 Å². The van der Waals surface area contributed by atoms with Gasteiger partial charge >= 0.3 is 0 Å². The lowest BCUT2D eigenvalue weighted by Crippen LogP contribution is -2.28. The molecule has 0 unspecified atom stereocenters. The highest BCUT2D eigenvalue weighted by Gasteiger charge is 2.17. The van der Waals surface area contributed by atoms with Gasteiger partial charge in [-0.3, -0.25) is 0 Å². The van der Waals surface area contributed by atoms with E-state index in [0.29, 0.717) is 0 Å². The van der Waals surface area contributed by atoms with Gasteiger partial charge < -0.3 is 4.12 Å². The summed E-state index contributed by atoms with van der Waals surface area (Å²) in [5.74, 6) is 1.00. The molecule has 0 N–H and O–H groups in total. The van der Waals surface area contributed by atoms with E-state index in [1.807, 2.05) is 0 Å². The molecule has 0 aromatic heterocycles. The van der Waals surface area contributed by atoms with Crippen molar-refractivity contribution in [2.24, 2.45) is 0 Å². The Morgan fingerprint density at radius 2 is 2.11 bits per heavy atom. The van der Waals surface area contributed by atoms with Crippen LogP contribution in [0.25, 0.3) is 0 Å². The molecule has 0 aliphatic carbocycles. The van der Waals surface area contributed by atoms with Gasteiger partial charge in [-0.15, -0.1) is 0 Å². The standard InChI is InChI=1S/C5H16OSSi2/c1-9(2,6-8)5-3-4-7/h7H,3-5H2,1-2,8H3. The third kappa shape index (κ3) is 5.20. The number of hydrogen-bond acceptors (Lipinski definition) is 2. The summed E-state index contributed by atoms with van der Waals surface area (Å²) in [4.78, 5) is 0. The Balaban J connectivity index is 3.33. The van der Waals surface area contributed by atoms with Crippen LogP contribution in [0.15, 0.2) is 0 Å². The highest BCUT2D eigenvalue weighted by atomic mass is 32.1. The van der Waals surface area contributed by atoms with Crippen LogP contribution in [0.3, 0.4) is 0 Å². The average Bonchev–Trinajstić information content (AvgIpc) is 1.84. The molecule has 4 heteroatoms. The molecule has 0 rings (SSSR count). The fourth-order valence-corrected chi connectivity index (χ4v) is 2.91. The van der Waals surface area contributed by atoms with E-state index >= 15 is 0 Å². The van der Waals surface area contributed by atoms with Crippen molar-refractivity contribution in [3.8, 4) is 0 Å². The van der Waals surface area contributed by atoms with Crippen molar-refractivity contribution in [3.05, 3.63) is 0 Å². The van der Waals surface area contributed by atoms with Gasteiger partial charge in [0.1, 0.15) is 10.5 Å². The molecular weight excluding hydrogens is 164 g/mol. The molecule has 0 saturated heterocycles. The Morgan fingerprint density at radius 1 is 1.56 bits per heavy atom. The molecular formula is C5H16OSSi2. The Morgan fingerprint density at radius 3 is 2.44 bits per heavy atom. The predicted molar refractivity (Wildman–Crippen MR) is 51.8 cm³/mol. The van der Waals surface area contributed by atoms with Crippen molar-refractivity contribution >= 4 is 31.4 Å². The van der Waals surface area contributed by atoms with Crippen LogP contribution in [-0.4, -0.2) is 24.6 Å². The summed E-state index contributed by atoms with van der Waals surface area (Å²) in [7, 11) is -0.284. The summed E-state index contributed by atoms with van der Waals surface area (Å²) < 4.78 is 5.48. The topological polar surface area (TPSA) is 9.23 Å². The van der Waals surface area contributed by atoms with Gasteiger partial charge in [0.15, 0.2) is 8.32 Å². The summed E-state index contributed by atoms with van der Waals surface area (Å²) in [5.41, 5.74) is 0. The van der Waals surface area contributed by atoms with E-state index in [0.717, 1.165) is 16.2 Å². The van der Waals surface area contributed by atoms with Gasteiger partial charge in [0.05, 0.1) is 0 Å². The lowest BCUT2D eigenvalue weighted by Gasteiger charge is -2.19. The first-order valence-corrected chi connectivity index (χ1v) is 7.85. The van der Waals surface area contributed by atoms with E-state index in [1.165, 1.54) is 12.5 Å². The molecule has 0 saturated carbocycles. The minimum Gasteiger partial charge on any atom is -0.463 e. The Labute approximate surface area is 67.3 Å². The number of thiol groups is 1. The van der Waals surface area contributed by atoms with E-state index in [-0.39, 0.29) is 0 Å². The van der Waals surface area contributed by atoms with Crippen LogP contribution in [0.5, 0.6) is 0 Å². The Hall–Kier alpha value is 0.744. The van der Waals surface area contributed by atoms with Crippen LogP contribution in [-0.2, 0) is 4.12 Å². The lowest BCUT2D eigenvalue weighted by atomic mass is 10.6. The van der Waals surface area contributed by atoms with Gasteiger partial charge in [0.25, 0.3) is 0 Å². The highest BCUT2D eigenvalue weighted by Crippen LogP contribution is 2.11. The van der Waals surface area contributed by atoms with Crippen LogP contribution in [0.1, 0.15) is 6.42 Å². The van der Waals surface area contributed by atoms with Gasteiger partial charge in [0, 0.05) is 0 Å². The monoisotopic (exact) mass is 180 g/mol. The normalized spacial score (nSPS) is 12.3. The quantitative estimate of drug-likeness (QED) is 0.498. The molecule has 0 heterocycles. The second kappa shape index (κ2) is 4.54. The molecule has 9 heavy (non-hydrogen) atoms. The smallest absolute Gasteiger partial charge is 0.172 e. The second-order valence-corrected chi connectivity index (χ2v) is 8.89. The first-order valence-electron chi connectivity index (χ1n) is 3.28. The minimum absolute atomic E-state index is 0.901. The lowest BCUT2D eigenvalue weighted by molar-refractivity contribution is 0.603. The Bertz CT molecular complexity index is 77.4. The molecule has 0 fully saturated rings. The summed E-state index contributed by atoms with van der Waals surface area (Å²) in [6, 6.07) is 1.26. The summed E-state index contributed by atoms with van der Waals surface area (Å²) in [6.45, 7) is 4.53. The summed E-state index contributed by atoms with van der Waals surface area (Å²) >= 11 is 4.15. The van der Waals surface area contributed by atoms with Crippen molar-refractivity contribution in [3.63, 3.8) is 0 Å². The van der Waals surface area contributed by atoms with Crippen LogP contribution >= 0.6 is 12.6 Å². The van der Waals surface area contributed by atoms with E-state index in [4.69, 9.17) is 4.12 Å². The molecule has 0 aliphatic heterocycles. The van der Waals surface area contributed by atoms with Crippen molar-refractivity contribution in [2.45, 2.75) is 25.6 Å². The van der Waals surface area contributed by atoms with Crippen molar-refractivity contribution in [1.82, 2.24) is 0 Å². The van der Waals surface area contributed by atoms with Crippen LogP contribution in [0, 0.1) is 0 Å². The largest absolute Gasteiger partial charge is 0.463 e. The maximum Gasteiger partial charge on any atom is 0.172 e. The molecule has 0 amide bonds. The molecule has 0 aliphatic rings. The van der Waals surface area contributed by atoms with Gasteiger partial charge in [-0.1, -0.05) is 0 Å². The molecule has 56 valence electrons. The van der Waals surface area contributed by atoms with Gasteiger partial charge in [-0.2, -0.15) is 12.6 Å². The van der Waals surface area contributed by atoms with Gasteiger partial charge in [-0.25, -0.2) is 0 Å². The Kier molecular flexibility index (Phi) is 4.92. The average molecular weight is 180 g/mol. The van der Waals surface area contributed by atoms with E-state index in [1.54, 1.807) is 0 Å². The molecule has 0 aromatic carbocycles. The SMILES string of the molecule is C[Si](C)(CCCS)O[SiH3]. The van der Waals surface area contributed by atoms with Crippen LogP contribution in [0.2, 0.25) is 19.1 Å². The molecule has 1 nitrogen and oxygen atoms in total. The number of hydrogen-bond donors (Lipinski definition) is 1. The molecule has 0 spiro atoms. The maximum absolute atomic E-state index is 5.48. The zero-order chi connectivity index (χ0) is 7.33. The fraction of sp³-hybridized carbons (Fsp3) is 1.00. The maximum atomic E-state index is 5.48. The highest BCUT2D eigenvalue weighted by molar-refractivity contribution is 7.80. The zero-order valence-electron chi connectivity index (χ0n) is 6.48. The van der Waals surface area contributed by atoms with Crippen LogP contribution in [0.4, 0.5) is 0 Å². The van der Waals surface area contributed by atoms with E-state index in [2.05, 4.69) is 25.7 Å². The summed E-state index contributed by atoms with van der Waals surface area (Å²) in [5, 5.41) is 0. The third-order valence-corrected chi connectivity index (χ3v) is 7.78. The predicted octanol–water partition coefficient (Wildman–Crippen LogP) is 0.808. The van der Waals surface area contributed by atoms with Gasteiger partial charge in [-0.05, 0) is 31.3 Å². The van der Waals surface area contributed by atoms with E-state index < -0.39 is 8.32 Å². The first kappa shape index (κ1) is 9.74. The first-order chi connectivity index (χ1) is 4.12. The zero-order valence-corrected chi connectivity index (χ0v) is 10.4. The van der Waals surface area contributed by atoms with Crippen LogP contribution < -0.4 is 0 Å². The van der Waals surface area contributed by atoms with Crippen molar-refractivity contribution in [2.75, 3.05) is 5.75 Å². The minimum atomic E-state index is -1.19. The second-order valence-electron chi connectivity index (χ2n) is 2.79. The van der Waals surface area contributed by atoms with Crippen molar-refractivity contribution < 1.29 is 4.12 Å². The molecule has 0 aromatic rings.